The number of carbonyl (C=O) groups is 1. The largest absolute Gasteiger partial charge is 0.319 e. The van der Waals surface area contributed by atoms with Crippen LogP contribution in [0.2, 0.25) is 0 Å². The summed E-state index contributed by atoms with van der Waals surface area (Å²) in [5.74, 6) is -0.160. The van der Waals surface area contributed by atoms with E-state index in [2.05, 4.69) is 51.5 Å². The summed E-state index contributed by atoms with van der Waals surface area (Å²) < 4.78 is 2.58. The van der Waals surface area contributed by atoms with Gasteiger partial charge in [0.2, 0.25) is 0 Å². The molecular formula is C18H16BrN3O. The zero-order valence-electron chi connectivity index (χ0n) is 12.7. The van der Waals surface area contributed by atoms with Crippen molar-refractivity contribution in [2.45, 2.75) is 13.5 Å². The Morgan fingerprint density at radius 1 is 1.22 bits per heavy atom. The van der Waals surface area contributed by atoms with Crippen molar-refractivity contribution in [1.29, 1.82) is 0 Å². The predicted molar refractivity (Wildman–Crippen MR) is 94.6 cm³/mol. The fourth-order valence-corrected chi connectivity index (χ4v) is 2.82. The molecule has 0 radical (unpaired) electrons. The van der Waals surface area contributed by atoms with Crippen molar-refractivity contribution < 1.29 is 4.79 Å². The Morgan fingerprint density at radius 2 is 2.04 bits per heavy atom. The molecule has 0 fully saturated rings. The van der Waals surface area contributed by atoms with Gasteiger partial charge in [0, 0.05) is 10.7 Å². The van der Waals surface area contributed by atoms with Crippen LogP contribution in [0.15, 0.2) is 65.4 Å². The van der Waals surface area contributed by atoms with Gasteiger partial charge in [0.05, 0.1) is 24.0 Å². The molecule has 0 spiro atoms. The number of halogens is 1. The first kappa shape index (κ1) is 15.5. The molecule has 0 aliphatic rings. The number of nitrogens with zero attached hydrogens (tertiary/aromatic N) is 2. The average Bonchev–Trinajstić information content (AvgIpc) is 2.94. The molecule has 23 heavy (non-hydrogen) atoms. The Hall–Kier alpha value is -2.40. The summed E-state index contributed by atoms with van der Waals surface area (Å²) in [6.45, 7) is 2.74. The second-order valence-electron chi connectivity index (χ2n) is 5.35. The highest BCUT2D eigenvalue weighted by Gasteiger charge is 2.10. The van der Waals surface area contributed by atoms with Crippen LogP contribution in [0.4, 0.5) is 5.69 Å². The molecule has 4 nitrogen and oxygen atoms in total. The lowest BCUT2D eigenvalue weighted by atomic mass is 10.1. The number of benzene rings is 2. The Bertz CT molecular complexity index is 842. The van der Waals surface area contributed by atoms with Gasteiger partial charge in [-0.05, 0) is 40.5 Å². The lowest BCUT2D eigenvalue weighted by Crippen LogP contribution is -2.12. The van der Waals surface area contributed by atoms with E-state index in [0.717, 1.165) is 4.47 Å². The number of rotatable bonds is 4. The molecule has 3 aromatic rings. The van der Waals surface area contributed by atoms with Crippen LogP contribution in [0.3, 0.4) is 0 Å². The van der Waals surface area contributed by atoms with E-state index >= 15 is 0 Å². The molecule has 5 heteroatoms. The third-order valence-corrected chi connectivity index (χ3v) is 4.13. The number of nitrogens with one attached hydrogen (secondary N) is 1. The molecule has 1 amide bonds. The summed E-state index contributed by atoms with van der Waals surface area (Å²) in [7, 11) is 0. The molecule has 0 atom stereocenters. The Labute approximate surface area is 143 Å². The minimum Gasteiger partial charge on any atom is -0.319 e. The first-order valence-electron chi connectivity index (χ1n) is 7.26. The summed E-state index contributed by atoms with van der Waals surface area (Å²) in [6, 6.07) is 15.6. The monoisotopic (exact) mass is 369 g/mol. The standard InChI is InChI=1S/C18H16BrN3O/c1-13-5-4-6-14(9-13)11-22-12-15(10-20-22)21-18(23)16-7-2-3-8-17(16)19/h2-10,12H,11H2,1H3,(H,21,23). The van der Waals surface area contributed by atoms with Crippen molar-refractivity contribution in [3.63, 3.8) is 0 Å². The summed E-state index contributed by atoms with van der Waals surface area (Å²) in [5.41, 5.74) is 3.67. The summed E-state index contributed by atoms with van der Waals surface area (Å²) in [5, 5.41) is 7.16. The summed E-state index contributed by atoms with van der Waals surface area (Å²) in [4.78, 5) is 12.3. The molecule has 1 heterocycles. The number of aryl methyl sites for hydroxylation is 1. The van der Waals surface area contributed by atoms with Gasteiger partial charge in [0.15, 0.2) is 0 Å². The third kappa shape index (κ3) is 3.87. The van der Waals surface area contributed by atoms with Crippen molar-refractivity contribution in [3.05, 3.63) is 82.1 Å². The number of hydrogen-bond donors (Lipinski definition) is 1. The van der Waals surface area contributed by atoms with Crippen LogP contribution in [0.1, 0.15) is 21.5 Å². The number of hydrogen-bond acceptors (Lipinski definition) is 2. The maximum atomic E-state index is 12.3. The summed E-state index contributed by atoms with van der Waals surface area (Å²) >= 11 is 3.38. The van der Waals surface area contributed by atoms with Gasteiger partial charge in [0.1, 0.15) is 0 Å². The van der Waals surface area contributed by atoms with Gasteiger partial charge in [-0.15, -0.1) is 0 Å². The van der Waals surface area contributed by atoms with Gasteiger partial charge in [-0.3, -0.25) is 9.48 Å². The molecular weight excluding hydrogens is 354 g/mol. The van der Waals surface area contributed by atoms with Crippen LogP contribution in [0.5, 0.6) is 0 Å². The Kier molecular flexibility index (Phi) is 4.57. The van der Waals surface area contributed by atoms with E-state index in [1.165, 1.54) is 11.1 Å². The fraction of sp³-hybridized carbons (Fsp3) is 0.111. The maximum Gasteiger partial charge on any atom is 0.256 e. The lowest BCUT2D eigenvalue weighted by Gasteiger charge is -2.05. The van der Waals surface area contributed by atoms with E-state index in [1.54, 1.807) is 12.3 Å². The fourth-order valence-electron chi connectivity index (χ4n) is 2.36. The van der Waals surface area contributed by atoms with Gasteiger partial charge in [0.25, 0.3) is 5.91 Å². The quantitative estimate of drug-likeness (QED) is 0.746. The maximum absolute atomic E-state index is 12.3. The van der Waals surface area contributed by atoms with Gasteiger partial charge in [-0.25, -0.2) is 0 Å². The molecule has 3 rings (SSSR count). The first-order chi connectivity index (χ1) is 11.1. The molecule has 0 bridgehead atoms. The smallest absolute Gasteiger partial charge is 0.256 e. The molecule has 1 N–H and O–H groups in total. The zero-order valence-corrected chi connectivity index (χ0v) is 14.2. The number of anilines is 1. The van der Waals surface area contributed by atoms with Gasteiger partial charge in [-0.2, -0.15) is 5.10 Å². The van der Waals surface area contributed by atoms with E-state index in [-0.39, 0.29) is 5.91 Å². The van der Waals surface area contributed by atoms with Crippen LogP contribution in [-0.2, 0) is 6.54 Å². The SMILES string of the molecule is Cc1cccc(Cn2cc(NC(=O)c3ccccc3Br)cn2)c1. The van der Waals surface area contributed by atoms with E-state index < -0.39 is 0 Å². The predicted octanol–water partition coefficient (Wildman–Crippen LogP) is 4.25. The molecule has 0 aliphatic carbocycles. The second kappa shape index (κ2) is 6.79. The molecule has 1 aromatic heterocycles. The van der Waals surface area contributed by atoms with E-state index in [0.29, 0.717) is 17.8 Å². The minimum atomic E-state index is -0.160. The van der Waals surface area contributed by atoms with Gasteiger partial charge < -0.3 is 5.32 Å². The first-order valence-corrected chi connectivity index (χ1v) is 8.05. The van der Waals surface area contributed by atoms with Crippen molar-refractivity contribution in [3.8, 4) is 0 Å². The number of amides is 1. The van der Waals surface area contributed by atoms with E-state index in [9.17, 15) is 4.79 Å². The van der Waals surface area contributed by atoms with Crippen LogP contribution in [0.25, 0.3) is 0 Å². The van der Waals surface area contributed by atoms with Crippen molar-refractivity contribution >= 4 is 27.5 Å². The van der Waals surface area contributed by atoms with Crippen molar-refractivity contribution in [2.75, 3.05) is 5.32 Å². The topological polar surface area (TPSA) is 46.9 Å². The van der Waals surface area contributed by atoms with Crippen molar-refractivity contribution in [2.24, 2.45) is 0 Å². The molecule has 0 saturated carbocycles. The van der Waals surface area contributed by atoms with E-state index in [4.69, 9.17) is 0 Å². The van der Waals surface area contributed by atoms with Crippen LogP contribution >= 0.6 is 15.9 Å². The Morgan fingerprint density at radius 3 is 2.83 bits per heavy atom. The molecule has 0 aliphatic heterocycles. The average molecular weight is 370 g/mol. The minimum absolute atomic E-state index is 0.160. The molecule has 116 valence electrons. The van der Waals surface area contributed by atoms with Crippen molar-refractivity contribution in [1.82, 2.24) is 9.78 Å². The third-order valence-electron chi connectivity index (χ3n) is 3.44. The Balaban J connectivity index is 1.70. The van der Waals surface area contributed by atoms with Crippen LogP contribution in [-0.4, -0.2) is 15.7 Å². The zero-order chi connectivity index (χ0) is 16.2. The van der Waals surface area contributed by atoms with E-state index in [1.807, 2.05) is 35.1 Å². The normalized spacial score (nSPS) is 10.5. The highest BCUT2D eigenvalue weighted by atomic mass is 79.9. The highest BCUT2D eigenvalue weighted by molar-refractivity contribution is 9.10. The van der Waals surface area contributed by atoms with Gasteiger partial charge in [-0.1, -0.05) is 42.0 Å². The molecule has 2 aromatic carbocycles. The molecule has 0 unspecified atom stereocenters. The van der Waals surface area contributed by atoms with Crippen LogP contribution < -0.4 is 5.32 Å². The van der Waals surface area contributed by atoms with Gasteiger partial charge >= 0.3 is 0 Å². The second-order valence-corrected chi connectivity index (χ2v) is 6.20. The van der Waals surface area contributed by atoms with Crippen LogP contribution in [0, 0.1) is 6.92 Å². The number of carbonyl (C=O) groups excluding carboxylic acids is 1. The highest BCUT2D eigenvalue weighted by Crippen LogP contribution is 2.18. The molecule has 0 saturated heterocycles. The number of aromatic nitrogens is 2. The summed E-state index contributed by atoms with van der Waals surface area (Å²) in [6.07, 6.45) is 3.49. The lowest BCUT2D eigenvalue weighted by molar-refractivity contribution is 0.102.